The summed E-state index contributed by atoms with van der Waals surface area (Å²) in [7, 11) is 0. The first kappa shape index (κ1) is 33.2. The first-order chi connectivity index (χ1) is 28.3. The fraction of sp³-hybridized carbons (Fsp3) is 0. The maximum absolute atomic E-state index is 2.41. The summed E-state index contributed by atoms with van der Waals surface area (Å²) in [6.07, 6.45) is 0. The number of fused-ring (bicyclic) bond motifs is 6. The van der Waals surface area contributed by atoms with E-state index in [0.29, 0.717) is 0 Å². The van der Waals surface area contributed by atoms with Crippen LogP contribution in [0.25, 0.3) is 81.0 Å². The van der Waals surface area contributed by atoms with Gasteiger partial charge in [0.1, 0.15) is 0 Å². The molecule has 2 nitrogen and oxygen atoms in total. The lowest BCUT2D eigenvalue weighted by molar-refractivity contribution is 1.18. The van der Waals surface area contributed by atoms with E-state index in [0.717, 1.165) is 17.1 Å². The second kappa shape index (κ2) is 13.8. The van der Waals surface area contributed by atoms with Crippen LogP contribution in [0.1, 0.15) is 0 Å². The van der Waals surface area contributed by atoms with Crippen LogP contribution in [0.5, 0.6) is 0 Å². The van der Waals surface area contributed by atoms with Crippen molar-refractivity contribution in [1.82, 2.24) is 4.57 Å². The van der Waals surface area contributed by atoms with Crippen LogP contribution in [0.3, 0.4) is 0 Å². The smallest absolute Gasteiger partial charge is 0.0541 e. The summed E-state index contributed by atoms with van der Waals surface area (Å²) in [4.78, 5) is 2.39. The Bertz CT molecular complexity index is 3160. The highest BCUT2D eigenvalue weighted by Crippen LogP contribution is 2.44. The zero-order valence-corrected chi connectivity index (χ0v) is 31.9. The summed E-state index contributed by atoms with van der Waals surface area (Å²) in [6.45, 7) is 0. The van der Waals surface area contributed by atoms with E-state index < -0.39 is 0 Å². The third-order valence-corrected chi connectivity index (χ3v) is 12.4. The Hall–Kier alpha value is -7.20. The summed E-state index contributed by atoms with van der Waals surface area (Å²) in [6, 6.07) is 79.2. The average molecular weight is 745 g/mol. The summed E-state index contributed by atoms with van der Waals surface area (Å²) in [5, 5.41) is 5.11. The molecule has 268 valence electrons. The Kier molecular flexibility index (Phi) is 8.04. The second-order valence-corrected chi connectivity index (χ2v) is 15.6. The maximum atomic E-state index is 2.41. The van der Waals surface area contributed by atoms with Crippen molar-refractivity contribution in [1.29, 1.82) is 0 Å². The zero-order chi connectivity index (χ0) is 37.7. The topological polar surface area (TPSA) is 8.17 Å². The molecule has 0 aliphatic heterocycles. The molecule has 0 radical (unpaired) electrons. The lowest BCUT2D eigenvalue weighted by Gasteiger charge is -2.26. The summed E-state index contributed by atoms with van der Waals surface area (Å²) < 4.78 is 5.01. The predicted molar refractivity (Wildman–Crippen MR) is 245 cm³/mol. The molecule has 11 rings (SSSR count). The quantitative estimate of drug-likeness (QED) is 0.158. The van der Waals surface area contributed by atoms with Gasteiger partial charge in [0.2, 0.25) is 0 Å². The number of nitrogens with zero attached hydrogens (tertiary/aromatic N) is 2. The lowest BCUT2D eigenvalue weighted by atomic mass is 10.0. The number of para-hydroxylation sites is 3. The molecule has 0 saturated carbocycles. The minimum atomic E-state index is 1.10. The fourth-order valence-electron chi connectivity index (χ4n) is 8.54. The number of hydrogen-bond acceptors (Lipinski definition) is 2. The van der Waals surface area contributed by atoms with Crippen molar-refractivity contribution in [2.24, 2.45) is 0 Å². The van der Waals surface area contributed by atoms with Crippen LogP contribution in [0.2, 0.25) is 0 Å². The Labute approximate surface area is 335 Å². The van der Waals surface area contributed by atoms with Crippen LogP contribution < -0.4 is 4.90 Å². The molecule has 0 amide bonds. The lowest BCUT2D eigenvalue weighted by Crippen LogP contribution is -2.09. The van der Waals surface area contributed by atoms with E-state index in [-0.39, 0.29) is 0 Å². The van der Waals surface area contributed by atoms with Crippen molar-refractivity contribution in [2.75, 3.05) is 4.90 Å². The monoisotopic (exact) mass is 744 g/mol. The van der Waals surface area contributed by atoms with Gasteiger partial charge >= 0.3 is 0 Å². The number of anilines is 3. The molecular weight excluding hydrogens is 709 g/mol. The number of benzene rings is 9. The van der Waals surface area contributed by atoms with Gasteiger partial charge in [-0.05, 0) is 82.4 Å². The van der Waals surface area contributed by atoms with Gasteiger partial charge in [-0.2, -0.15) is 0 Å². The van der Waals surface area contributed by atoms with Crippen LogP contribution in [-0.4, -0.2) is 4.57 Å². The van der Waals surface area contributed by atoms with Crippen LogP contribution >= 0.6 is 11.3 Å². The van der Waals surface area contributed by atoms with E-state index in [9.17, 15) is 0 Å². The molecule has 0 aliphatic rings. The van der Waals surface area contributed by atoms with E-state index in [4.69, 9.17) is 0 Å². The first-order valence-electron chi connectivity index (χ1n) is 19.4. The number of thiophene rings is 1. The van der Waals surface area contributed by atoms with Crippen LogP contribution in [0.15, 0.2) is 218 Å². The number of hydrogen-bond donors (Lipinski definition) is 0. The minimum Gasteiger partial charge on any atom is -0.310 e. The summed E-state index contributed by atoms with van der Waals surface area (Å²) in [5.74, 6) is 0. The van der Waals surface area contributed by atoms with Crippen molar-refractivity contribution in [3.63, 3.8) is 0 Å². The summed E-state index contributed by atoms with van der Waals surface area (Å²) >= 11 is 1.88. The Morgan fingerprint density at radius 1 is 0.333 bits per heavy atom. The van der Waals surface area contributed by atoms with Gasteiger partial charge in [-0.3, -0.25) is 0 Å². The molecule has 9 aromatic carbocycles. The average Bonchev–Trinajstić information content (AvgIpc) is 3.83. The van der Waals surface area contributed by atoms with E-state index in [1.54, 1.807) is 0 Å². The van der Waals surface area contributed by atoms with Gasteiger partial charge in [-0.1, -0.05) is 164 Å². The van der Waals surface area contributed by atoms with Gasteiger partial charge in [0.05, 0.1) is 16.7 Å². The molecule has 3 heteroatoms. The molecule has 0 aliphatic carbocycles. The largest absolute Gasteiger partial charge is 0.310 e. The standard InChI is InChI=1S/C54H36N2S/c1-3-14-37(15-4-1)38-26-30-41(31-27-38)55(43-34-35-48-49-22-13-21-45(39-16-5-2-6-17-39)54(49)57-53(48)36-43)42-32-28-40(29-33-42)44-18-7-10-23-50(44)56-51-24-11-8-19-46(51)47-20-9-12-25-52(47)56/h1-36H. The third-order valence-electron chi connectivity index (χ3n) is 11.2. The molecule has 57 heavy (non-hydrogen) atoms. The molecule has 2 aromatic heterocycles. The van der Waals surface area contributed by atoms with Gasteiger partial charge < -0.3 is 9.47 Å². The molecule has 2 heterocycles. The normalized spacial score (nSPS) is 11.5. The highest BCUT2D eigenvalue weighted by molar-refractivity contribution is 7.26. The van der Waals surface area contributed by atoms with Crippen LogP contribution in [0, 0.1) is 0 Å². The van der Waals surface area contributed by atoms with Gasteiger partial charge in [-0.25, -0.2) is 0 Å². The van der Waals surface area contributed by atoms with Crippen molar-refractivity contribution in [2.45, 2.75) is 0 Å². The van der Waals surface area contributed by atoms with Crippen molar-refractivity contribution >= 4 is 70.4 Å². The molecule has 0 fully saturated rings. The fourth-order valence-corrected chi connectivity index (χ4v) is 9.81. The first-order valence-corrected chi connectivity index (χ1v) is 20.2. The van der Waals surface area contributed by atoms with Gasteiger partial charge in [0.25, 0.3) is 0 Å². The summed E-state index contributed by atoms with van der Waals surface area (Å²) in [5.41, 5.74) is 14.2. The second-order valence-electron chi connectivity index (χ2n) is 14.5. The Morgan fingerprint density at radius 2 is 0.825 bits per heavy atom. The van der Waals surface area contributed by atoms with Crippen molar-refractivity contribution in [3.8, 4) is 39.1 Å². The van der Waals surface area contributed by atoms with Gasteiger partial charge in [-0.15, -0.1) is 11.3 Å². The molecule has 0 atom stereocenters. The third kappa shape index (κ3) is 5.71. The zero-order valence-electron chi connectivity index (χ0n) is 31.1. The van der Waals surface area contributed by atoms with Crippen molar-refractivity contribution < 1.29 is 0 Å². The Morgan fingerprint density at radius 3 is 1.51 bits per heavy atom. The molecule has 0 unspecified atom stereocenters. The highest BCUT2D eigenvalue weighted by Gasteiger charge is 2.19. The minimum absolute atomic E-state index is 1.10. The molecule has 0 N–H and O–H groups in total. The Balaban J connectivity index is 1.04. The SMILES string of the molecule is c1ccc(-c2ccc(N(c3ccc(-c4ccccc4-n4c5ccccc5c5ccccc54)cc3)c3ccc4c(c3)sc3c(-c5ccccc5)cccc34)cc2)cc1. The predicted octanol–water partition coefficient (Wildman–Crippen LogP) is 15.6. The van der Waals surface area contributed by atoms with E-state index in [2.05, 4.69) is 228 Å². The van der Waals surface area contributed by atoms with Crippen LogP contribution in [0.4, 0.5) is 17.1 Å². The number of rotatable bonds is 7. The van der Waals surface area contributed by atoms with Gasteiger partial charge in [0.15, 0.2) is 0 Å². The molecule has 0 bridgehead atoms. The van der Waals surface area contributed by atoms with E-state index in [1.165, 1.54) is 81.0 Å². The number of aromatic nitrogens is 1. The molecule has 0 saturated heterocycles. The maximum Gasteiger partial charge on any atom is 0.0541 e. The molecule has 11 aromatic rings. The van der Waals surface area contributed by atoms with E-state index >= 15 is 0 Å². The van der Waals surface area contributed by atoms with Crippen molar-refractivity contribution in [3.05, 3.63) is 218 Å². The van der Waals surface area contributed by atoms with Crippen LogP contribution in [-0.2, 0) is 0 Å². The highest BCUT2D eigenvalue weighted by atomic mass is 32.1. The van der Waals surface area contributed by atoms with E-state index in [1.807, 2.05) is 11.3 Å². The molecular formula is C54H36N2S. The van der Waals surface area contributed by atoms with Gasteiger partial charge in [0, 0.05) is 53.6 Å². The molecule has 0 spiro atoms.